The standard InChI is InChI=1S/C26H27N3O3/c30-25-11-10-19(14-28-25)20-8-4-5-9-21(20)22-15-27-16-23(22)26(31)29-12-13-32-17-24(29)18-6-2-1-3-7-18/h1-11,14,22-24,27H,12-13,15-17H2,(H,28,30)/p+1/t22-,23+,24+/m0/s1. The quantitative estimate of drug-likeness (QED) is 0.668. The maximum Gasteiger partial charge on any atom is 0.363 e. The second-order valence-corrected chi connectivity index (χ2v) is 8.45. The van der Waals surface area contributed by atoms with Crippen LogP contribution in [0.15, 0.2) is 72.9 Å². The summed E-state index contributed by atoms with van der Waals surface area (Å²) >= 11 is 0. The maximum atomic E-state index is 13.9. The number of aromatic amines is 1. The summed E-state index contributed by atoms with van der Waals surface area (Å²) in [6.07, 6.45) is 1.81. The molecule has 3 N–H and O–H groups in total. The molecule has 6 heteroatoms. The number of morpholine rings is 1. The molecule has 5 rings (SSSR count). The Balaban J connectivity index is 1.45. The fourth-order valence-corrected chi connectivity index (χ4v) is 4.96. The summed E-state index contributed by atoms with van der Waals surface area (Å²) in [6.45, 7) is 3.13. The van der Waals surface area contributed by atoms with Gasteiger partial charge in [0, 0.05) is 31.1 Å². The molecule has 6 nitrogen and oxygen atoms in total. The van der Waals surface area contributed by atoms with Crippen molar-refractivity contribution in [2.24, 2.45) is 5.92 Å². The van der Waals surface area contributed by atoms with E-state index in [4.69, 9.17) is 4.74 Å². The second kappa shape index (κ2) is 9.10. The van der Waals surface area contributed by atoms with E-state index in [1.54, 1.807) is 12.3 Å². The van der Waals surface area contributed by atoms with E-state index in [1.165, 1.54) is 0 Å². The Bertz CT molecular complexity index is 1070. The molecule has 0 aliphatic carbocycles. The fraction of sp³-hybridized carbons (Fsp3) is 0.308. The molecule has 2 aliphatic heterocycles. The summed E-state index contributed by atoms with van der Waals surface area (Å²) in [7, 11) is 0. The number of ether oxygens (including phenoxy) is 1. The molecular weight excluding hydrogens is 402 g/mol. The number of pyridine rings is 1. The molecule has 2 aromatic carbocycles. The molecule has 0 spiro atoms. The summed E-state index contributed by atoms with van der Waals surface area (Å²) in [6, 6.07) is 21.9. The van der Waals surface area contributed by atoms with Crippen LogP contribution in [0.1, 0.15) is 23.1 Å². The second-order valence-electron chi connectivity index (χ2n) is 8.45. The Morgan fingerprint density at radius 2 is 1.84 bits per heavy atom. The molecule has 3 atom stereocenters. The number of aromatic nitrogens is 1. The molecule has 164 valence electrons. The largest absolute Gasteiger partial charge is 0.460 e. The summed E-state index contributed by atoms with van der Waals surface area (Å²) in [5.41, 5.74) is 4.34. The highest BCUT2D eigenvalue weighted by Crippen LogP contribution is 2.37. The van der Waals surface area contributed by atoms with Crippen molar-refractivity contribution in [2.45, 2.75) is 12.0 Å². The number of nitrogens with one attached hydrogen (secondary N) is 2. The number of nitrogens with zero attached hydrogens (tertiary/aromatic N) is 1. The van der Waals surface area contributed by atoms with Gasteiger partial charge in [0.1, 0.15) is 0 Å². The third-order valence-corrected chi connectivity index (χ3v) is 6.59. The molecule has 0 saturated carbocycles. The average molecular weight is 431 g/mol. The number of hydrogen-bond acceptors (Lipinski definition) is 4. The zero-order chi connectivity index (χ0) is 21.9. The van der Waals surface area contributed by atoms with E-state index in [9.17, 15) is 9.90 Å². The van der Waals surface area contributed by atoms with Gasteiger partial charge in [-0.15, -0.1) is 0 Å². The van der Waals surface area contributed by atoms with Crippen molar-refractivity contribution >= 4 is 5.91 Å². The van der Waals surface area contributed by atoms with Crippen molar-refractivity contribution in [1.29, 1.82) is 0 Å². The van der Waals surface area contributed by atoms with Gasteiger partial charge in [0.15, 0.2) is 6.20 Å². The molecular formula is C26H28N3O3+. The third-order valence-electron chi connectivity index (χ3n) is 6.59. The lowest BCUT2D eigenvalue weighted by Gasteiger charge is -2.38. The van der Waals surface area contributed by atoms with E-state index >= 15 is 0 Å². The molecule has 1 aromatic heterocycles. The Labute approximate surface area is 187 Å². The van der Waals surface area contributed by atoms with Crippen molar-refractivity contribution in [3.8, 4) is 17.0 Å². The molecule has 3 heterocycles. The number of benzene rings is 2. The topological polar surface area (TPSA) is 75.9 Å². The first-order valence-corrected chi connectivity index (χ1v) is 11.2. The normalized spacial score (nSPS) is 23.2. The number of carbonyl (C=O) groups is 1. The van der Waals surface area contributed by atoms with Gasteiger partial charge < -0.3 is 20.1 Å². The van der Waals surface area contributed by atoms with Gasteiger partial charge in [0.25, 0.3) is 0 Å². The Morgan fingerprint density at radius 3 is 2.66 bits per heavy atom. The highest BCUT2D eigenvalue weighted by atomic mass is 16.5. The van der Waals surface area contributed by atoms with Crippen LogP contribution in [0, 0.1) is 5.92 Å². The van der Waals surface area contributed by atoms with Crippen LogP contribution < -0.4 is 10.3 Å². The van der Waals surface area contributed by atoms with Gasteiger partial charge in [-0.25, -0.2) is 0 Å². The fourth-order valence-electron chi connectivity index (χ4n) is 4.96. The molecule has 0 unspecified atom stereocenters. The van der Waals surface area contributed by atoms with E-state index in [1.807, 2.05) is 41.3 Å². The SMILES string of the molecule is O=C([C@@H]1CNC[C@H]1c1ccccc1-c1ccc(O)[nH+]c1)N1CCOC[C@@H]1c1ccccc1. The lowest BCUT2D eigenvalue weighted by molar-refractivity contribution is -0.393. The van der Waals surface area contributed by atoms with Gasteiger partial charge in [-0.3, -0.25) is 4.79 Å². The predicted molar refractivity (Wildman–Crippen MR) is 121 cm³/mol. The van der Waals surface area contributed by atoms with E-state index in [-0.39, 0.29) is 29.7 Å². The zero-order valence-electron chi connectivity index (χ0n) is 17.9. The van der Waals surface area contributed by atoms with E-state index in [0.29, 0.717) is 26.3 Å². The van der Waals surface area contributed by atoms with Gasteiger partial charge in [0.05, 0.1) is 31.2 Å². The van der Waals surface area contributed by atoms with Crippen molar-refractivity contribution in [3.05, 3.63) is 84.1 Å². The number of rotatable bonds is 4. The van der Waals surface area contributed by atoms with Gasteiger partial charge in [-0.2, -0.15) is 4.98 Å². The summed E-state index contributed by atoms with van der Waals surface area (Å²) < 4.78 is 5.74. The monoisotopic (exact) mass is 430 g/mol. The van der Waals surface area contributed by atoms with Crippen molar-refractivity contribution < 1.29 is 19.6 Å². The van der Waals surface area contributed by atoms with Crippen molar-refractivity contribution in [2.75, 3.05) is 32.8 Å². The predicted octanol–water partition coefficient (Wildman–Crippen LogP) is 2.78. The molecule has 0 bridgehead atoms. The van der Waals surface area contributed by atoms with Gasteiger partial charge in [-0.1, -0.05) is 54.6 Å². The number of carbonyl (C=O) groups excluding carboxylic acids is 1. The minimum atomic E-state index is -0.137. The summed E-state index contributed by atoms with van der Waals surface area (Å²) in [5, 5.41) is 13.1. The van der Waals surface area contributed by atoms with Gasteiger partial charge >= 0.3 is 5.88 Å². The van der Waals surface area contributed by atoms with Crippen molar-refractivity contribution in [1.82, 2.24) is 10.2 Å². The number of H-pyrrole nitrogens is 1. The van der Waals surface area contributed by atoms with Crippen LogP contribution in [0.2, 0.25) is 0 Å². The van der Waals surface area contributed by atoms with Crippen LogP contribution in [0.5, 0.6) is 5.88 Å². The lowest BCUT2D eigenvalue weighted by Crippen LogP contribution is -2.47. The number of amides is 1. The Kier molecular flexibility index (Phi) is 5.88. The molecule has 2 saturated heterocycles. The zero-order valence-corrected chi connectivity index (χ0v) is 17.9. The molecule has 32 heavy (non-hydrogen) atoms. The molecule has 0 radical (unpaired) electrons. The molecule has 2 aliphatic rings. The van der Waals surface area contributed by atoms with Crippen molar-refractivity contribution in [3.63, 3.8) is 0 Å². The minimum Gasteiger partial charge on any atom is -0.460 e. The Morgan fingerprint density at radius 1 is 1.03 bits per heavy atom. The summed E-state index contributed by atoms with van der Waals surface area (Å²) in [4.78, 5) is 18.7. The minimum absolute atomic E-state index is 0.0550. The first-order valence-electron chi connectivity index (χ1n) is 11.2. The van der Waals surface area contributed by atoms with E-state index < -0.39 is 0 Å². The number of hydrogen-bond donors (Lipinski definition) is 2. The highest BCUT2D eigenvalue weighted by Gasteiger charge is 2.40. The van der Waals surface area contributed by atoms with E-state index in [2.05, 4.69) is 34.6 Å². The van der Waals surface area contributed by atoms with Crippen LogP contribution in [0.3, 0.4) is 0 Å². The lowest BCUT2D eigenvalue weighted by atomic mass is 9.83. The number of aromatic hydroxyl groups is 1. The Hall–Kier alpha value is -3.22. The first-order chi connectivity index (χ1) is 15.7. The van der Waals surface area contributed by atoms with Crippen LogP contribution in [-0.4, -0.2) is 48.8 Å². The molecule has 1 amide bonds. The smallest absolute Gasteiger partial charge is 0.363 e. The van der Waals surface area contributed by atoms with Gasteiger partial charge in [-0.05, 0) is 22.8 Å². The van der Waals surface area contributed by atoms with E-state index in [0.717, 1.165) is 28.8 Å². The first kappa shape index (κ1) is 20.7. The summed E-state index contributed by atoms with van der Waals surface area (Å²) in [5.74, 6) is 0.249. The van der Waals surface area contributed by atoms with Crippen LogP contribution in [-0.2, 0) is 9.53 Å². The van der Waals surface area contributed by atoms with Crippen LogP contribution >= 0.6 is 0 Å². The third kappa shape index (κ3) is 3.99. The maximum absolute atomic E-state index is 13.9. The highest BCUT2D eigenvalue weighted by molar-refractivity contribution is 5.82. The average Bonchev–Trinajstić information content (AvgIpc) is 3.34. The van der Waals surface area contributed by atoms with Gasteiger partial charge in [0.2, 0.25) is 5.91 Å². The van der Waals surface area contributed by atoms with Crippen LogP contribution in [0.25, 0.3) is 11.1 Å². The molecule has 2 fully saturated rings. The van der Waals surface area contributed by atoms with Crippen LogP contribution in [0.4, 0.5) is 0 Å². The molecule has 3 aromatic rings.